The number of fused-ring (bicyclic) bond motifs is 1. The zero-order chi connectivity index (χ0) is 19.9. The second-order valence-corrected chi connectivity index (χ2v) is 7.77. The van der Waals surface area contributed by atoms with Crippen LogP contribution in [0.15, 0.2) is 23.2 Å². The van der Waals surface area contributed by atoms with Gasteiger partial charge in [0.15, 0.2) is 5.96 Å². The molecule has 0 aliphatic carbocycles. The standard InChI is InChI=1S/C20H33N5O2/c1-20(2,3)27-19(26)23-11-10-22-18(21-4)24-14-15-8-9-17-16(13-15)7-6-12-25(17)5/h8-9,13H,6-7,10-12,14H2,1-5H3,(H,23,26)(H2,21,22,24). The number of aryl methyl sites for hydroxylation is 1. The third kappa shape index (κ3) is 7.00. The molecule has 3 N–H and O–H groups in total. The Bertz CT molecular complexity index is 667. The number of hydrogen-bond donors (Lipinski definition) is 3. The van der Waals surface area contributed by atoms with Crippen LogP contribution in [0.2, 0.25) is 0 Å². The van der Waals surface area contributed by atoms with Crippen LogP contribution in [0, 0.1) is 0 Å². The molecular weight excluding hydrogens is 342 g/mol. The van der Waals surface area contributed by atoms with Gasteiger partial charge in [0.1, 0.15) is 5.60 Å². The van der Waals surface area contributed by atoms with Crippen LogP contribution in [0.4, 0.5) is 10.5 Å². The number of aliphatic imine (C=N–C) groups is 1. The van der Waals surface area contributed by atoms with Crippen molar-refractivity contribution >= 4 is 17.7 Å². The second kappa shape index (κ2) is 9.48. The van der Waals surface area contributed by atoms with Crippen LogP contribution < -0.4 is 20.9 Å². The first-order valence-electron chi connectivity index (χ1n) is 9.53. The molecule has 1 heterocycles. The van der Waals surface area contributed by atoms with Crippen molar-refractivity contribution in [3.8, 4) is 0 Å². The fourth-order valence-corrected chi connectivity index (χ4v) is 3.01. The van der Waals surface area contributed by atoms with Crippen molar-refractivity contribution < 1.29 is 9.53 Å². The van der Waals surface area contributed by atoms with Crippen molar-refractivity contribution in [2.24, 2.45) is 4.99 Å². The number of carbonyl (C=O) groups excluding carboxylic acids is 1. The number of anilines is 1. The van der Waals surface area contributed by atoms with Crippen LogP contribution in [0.5, 0.6) is 0 Å². The molecule has 0 bridgehead atoms. The molecule has 2 rings (SSSR count). The van der Waals surface area contributed by atoms with Gasteiger partial charge in [0.25, 0.3) is 0 Å². The van der Waals surface area contributed by atoms with Gasteiger partial charge in [-0.1, -0.05) is 12.1 Å². The molecule has 0 unspecified atom stereocenters. The van der Waals surface area contributed by atoms with E-state index in [0.717, 1.165) is 13.0 Å². The topological polar surface area (TPSA) is 78.0 Å². The minimum Gasteiger partial charge on any atom is -0.444 e. The van der Waals surface area contributed by atoms with E-state index in [1.165, 1.54) is 23.2 Å². The highest BCUT2D eigenvalue weighted by Gasteiger charge is 2.15. The summed E-state index contributed by atoms with van der Waals surface area (Å²) in [7, 11) is 3.88. The summed E-state index contributed by atoms with van der Waals surface area (Å²) in [5, 5.41) is 9.22. The van der Waals surface area contributed by atoms with E-state index in [-0.39, 0.29) is 0 Å². The first-order chi connectivity index (χ1) is 12.8. The van der Waals surface area contributed by atoms with Crippen molar-refractivity contribution in [1.29, 1.82) is 0 Å². The van der Waals surface area contributed by atoms with Gasteiger partial charge < -0.3 is 25.6 Å². The lowest BCUT2D eigenvalue weighted by Crippen LogP contribution is -2.42. The van der Waals surface area contributed by atoms with Gasteiger partial charge in [0.05, 0.1) is 0 Å². The number of ether oxygens (including phenoxy) is 1. The van der Waals surface area contributed by atoms with Crippen molar-refractivity contribution in [2.75, 3.05) is 38.6 Å². The van der Waals surface area contributed by atoms with E-state index in [9.17, 15) is 4.79 Å². The summed E-state index contributed by atoms with van der Waals surface area (Å²) in [6.07, 6.45) is 1.93. The Labute approximate surface area is 162 Å². The van der Waals surface area contributed by atoms with Gasteiger partial charge in [-0.25, -0.2) is 4.79 Å². The van der Waals surface area contributed by atoms with Crippen LogP contribution in [-0.2, 0) is 17.7 Å². The highest BCUT2D eigenvalue weighted by Crippen LogP contribution is 2.26. The normalized spacial score (nSPS) is 14.4. The lowest BCUT2D eigenvalue weighted by molar-refractivity contribution is 0.0529. The Kier molecular flexibility index (Phi) is 7.33. The second-order valence-electron chi connectivity index (χ2n) is 7.77. The van der Waals surface area contributed by atoms with Gasteiger partial charge in [0, 0.05) is 46.0 Å². The summed E-state index contributed by atoms with van der Waals surface area (Å²) >= 11 is 0. The molecule has 7 nitrogen and oxygen atoms in total. The summed E-state index contributed by atoms with van der Waals surface area (Å²) in [5.74, 6) is 0.704. The fourth-order valence-electron chi connectivity index (χ4n) is 3.01. The number of amides is 1. The maximum Gasteiger partial charge on any atom is 0.407 e. The first kappa shape index (κ1) is 20.9. The molecule has 0 radical (unpaired) electrons. The number of guanidine groups is 1. The lowest BCUT2D eigenvalue weighted by atomic mass is 9.99. The van der Waals surface area contributed by atoms with Gasteiger partial charge in [-0.2, -0.15) is 0 Å². The third-order valence-electron chi connectivity index (χ3n) is 4.26. The monoisotopic (exact) mass is 375 g/mol. The van der Waals surface area contributed by atoms with Gasteiger partial charge >= 0.3 is 6.09 Å². The molecule has 7 heteroatoms. The average Bonchev–Trinajstić information content (AvgIpc) is 2.59. The molecule has 0 atom stereocenters. The Hall–Kier alpha value is -2.44. The van der Waals surface area contributed by atoms with Gasteiger partial charge in [-0.15, -0.1) is 0 Å². The van der Waals surface area contributed by atoms with E-state index < -0.39 is 11.7 Å². The summed E-state index contributed by atoms with van der Waals surface area (Å²) in [6, 6.07) is 6.63. The SMILES string of the molecule is CN=C(NCCNC(=O)OC(C)(C)C)NCc1ccc2c(c1)CCCN2C. The smallest absolute Gasteiger partial charge is 0.407 e. The van der Waals surface area contributed by atoms with Crippen LogP contribution in [0.3, 0.4) is 0 Å². The lowest BCUT2D eigenvalue weighted by Gasteiger charge is -2.28. The minimum atomic E-state index is -0.487. The van der Waals surface area contributed by atoms with E-state index >= 15 is 0 Å². The van der Waals surface area contributed by atoms with Crippen molar-refractivity contribution in [3.05, 3.63) is 29.3 Å². The van der Waals surface area contributed by atoms with Gasteiger partial charge in [-0.3, -0.25) is 4.99 Å². The third-order valence-corrected chi connectivity index (χ3v) is 4.26. The number of nitrogens with one attached hydrogen (secondary N) is 3. The van der Waals surface area contributed by atoms with E-state index in [1.807, 2.05) is 20.8 Å². The number of hydrogen-bond acceptors (Lipinski definition) is 4. The summed E-state index contributed by atoms with van der Waals surface area (Å²) in [6.45, 7) is 8.38. The van der Waals surface area contributed by atoms with E-state index in [4.69, 9.17) is 4.74 Å². The zero-order valence-corrected chi connectivity index (χ0v) is 17.2. The highest BCUT2D eigenvalue weighted by atomic mass is 16.6. The first-order valence-corrected chi connectivity index (χ1v) is 9.53. The Morgan fingerprint density at radius 3 is 2.67 bits per heavy atom. The molecule has 0 aromatic heterocycles. The largest absolute Gasteiger partial charge is 0.444 e. The van der Waals surface area contributed by atoms with Crippen molar-refractivity contribution in [2.45, 2.75) is 45.8 Å². The molecule has 1 aromatic rings. The molecule has 1 aliphatic rings. The molecule has 0 saturated carbocycles. The van der Waals surface area contributed by atoms with Gasteiger partial charge in [0.2, 0.25) is 0 Å². The van der Waals surface area contributed by atoms with Crippen molar-refractivity contribution in [1.82, 2.24) is 16.0 Å². The molecule has 0 saturated heterocycles. The predicted octanol–water partition coefficient (Wildman–Crippen LogP) is 2.26. The fraction of sp³-hybridized carbons (Fsp3) is 0.600. The minimum absolute atomic E-state index is 0.411. The highest BCUT2D eigenvalue weighted by molar-refractivity contribution is 5.79. The number of benzene rings is 1. The Morgan fingerprint density at radius 1 is 1.22 bits per heavy atom. The van der Waals surface area contributed by atoms with Crippen LogP contribution in [0.1, 0.15) is 38.3 Å². The molecule has 1 aromatic carbocycles. The number of rotatable bonds is 5. The molecule has 27 heavy (non-hydrogen) atoms. The van der Waals surface area contributed by atoms with E-state index in [2.05, 4.69) is 51.1 Å². The zero-order valence-electron chi connectivity index (χ0n) is 17.2. The summed E-state index contributed by atoms with van der Waals surface area (Å²) in [4.78, 5) is 18.1. The number of nitrogens with zero attached hydrogens (tertiary/aromatic N) is 2. The average molecular weight is 376 g/mol. The van der Waals surface area contributed by atoms with E-state index in [1.54, 1.807) is 7.05 Å². The molecule has 0 fully saturated rings. The predicted molar refractivity (Wildman–Crippen MR) is 110 cm³/mol. The van der Waals surface area contributed by atoms with E-state index in [0.29, 0.717) is 25.6 Å². The maximum absolute atomic E-state index is 11.6. The molecule has 0 spiro atoms. The quantitative estimate of drug-likeness (QED) is 0.418. The molecular formula is C20H33N5O2. The number of alkyl carbamates (subject to hydrolysis) is 1. The summed E-state index contributed by atoms with van der Waals surface area (Å²) < 4.78 is 5.20. The van der Waals surface area contributed by atoms with Gasteiger partial charge in [-0.05, 0) is 50.8 Å². The van der Waals surface area contributed by atoms with Crippen LogP contribution in [0.25, 0.3) is 0 Å². The molecule has 1 amide bonds. The van der Waals surface area contributed by atoms with Crippen LogP contribution in [-0.4, -0.2) is 51.4 Å². The number of carbonyl (C=O) groups is 1. The summed E-state index contributed by atoms with van der Waals surface area (Å²) in [5.41, 5.74) is 3.49. The molecule has 150 valence electrons. The van der Waals surface area contributed by atoms with Crippen LogP contribution >= 0.6 is 0 Å². The Balaban J connectivity index is 1.74. The molecule has 1 aliphatic heterocycles. The van der Waals surface area contributed by atoms with Crippen molar-refractivity contribution in [3.63, 3.8) is 0 Å². The Morgan fingerprint density at radius 2 is 1.96 bits per heavy atom. The maximum atomic E-state index is 11.6.